The molecule has 124 valence electrons. The number of nitrogens with two attached hydrogens (primary N) is 1. The van der Waals surface area contributed by atoms with Gasteiger partial charge in [0.1, 0.15) is 0 Å². The highest BCUT2D eigenvalue weighted by atomic mass is 16.2. The van der Waals surface area contributed by atoms with Crippen LogP contribution >= 0.6 is 0 Å². The Balaban J connectivity index is 4.32. The number of hydrogen-bond acceptors (Lipinski definition) is 3. The molecule has 0 heterocycles. The quantitative estimate of drug-likeness (QED) is 0.434. The number of hydrogen-bond donors (Lipinski definition) is 4. The first kappa shape index (κ1) is 19.7. The van der Waals surface area contributed by atoms with Gasteiger partial charge in [-0.3, -0.25) is 4.79 Å². The molecule has 5 N–H and O–H groups in total. The minimum atomic E-state index is -0.502. The van der Waals surface area contributed by atoms with E-state index in [1.54, 1.807) is 0 Å². The lowest BCUT2D eigenvalue weighted by molar-refractivity contribution is -0.125. The molecule has 0 unspecified atom stereocenters. The van der Waals surface area contributed by atoms with Crippen molar-refractivity contribution >= 4 is 11.9 Å². The van der Waals surface area contributed by atoms with E-state index in [0.717, 1.165) is 32.2 Å². The first-order valence-electron chi connectivity index (χ1n) is 7.99. The highest BCUT2D eigenvalue weighted by Gasteiger charge is 2.23. The van der Waals surface area contributed by atoms with E-state index in [0.29, 0.717) is 6.54 Å². The lowest BCUT2D eigenvalue weighted by Gasteiger charge is -2.25. The van der Waals surface area contributed by atoms with Crippen LogP contribution in [0.5, 0.6) is 0 Å². The number of carbonyl (C=O) groups excluding carboxylic acids is 2. The smallest absolute Gasteiger partial charge is 0.312 e. The fourth-order valence-electron chi connectivity index (χ4n) is 2.34. The van der Waals surface area contributed by atoms with Crippen molar-refractivity contribution in [1.82, 2.24) is 16.0 Å². The molecule has 0 aromatic rings. The van der Waals surface area contributed by atoms with Gasteiger partial charge >= 0.3 is 6.03 Å². The van der Waals surface area contributed by atoms with Crippen LogP contribution in [-0.2, 0) is 4.79 Å². The van der Waals surface area contributed by atoms with E-state index < -0.39 is 6.03 Å². The average molecular weight is 300 g/mol. The van der Waals surface area contributed by atoms with Crippen molar-refractivity contribution in [3.63, 3.8) is 0 Å². The van der Waals surface area contributed by atoms with Crippen molar-refractivity contribution < 1.29 is 9.59 Å². The molecular weight excluding hydrogens is 268 g/mol. The van der Waals surface area contributed by atoms with Crippen LogP contribution < -0.4 is 21.7 Å². The Bertz CT molecular complexity index is 308. The predicted molar refractivity (Wildman–Crippen MR) is 86.0 cm³/mol. The van der Waals surface area contributed by atoms with Crippen molar-refractivity contribution in [3.05, 3.63) is 0 Å². The van der Waals surface area contributed by atoms with Crippen LogP contribution in [-0.4, -0.2) is 37.1 Å². The van der Waals surface area contributed by atoms with Gasteiger partial charge in [0.05, 0.1) is 6.04 Å². The van der Waals surface area contributed by atoms with Gasteiger partial charge in [-0.15, -0.1) is 0 Å². The van der Waals surface area contributed by atoms with Gasteiger partial charge in [0.25, 0.3) is 0 Å². The number of primary amides is 1. The maximum absolute atomic E-state index is 12.3. The van der Waals surface area contributed by atoms with Crippen LogP contribution in [0.4, 0.5) is 4.79 Å². The summed E-state index contributed by atoms with van der Waals surface area (Å²) in [6.45, 7) is 9.51. The van der Waals surface area contributed by atoms with E-state index >= 15 is 0 Å². The zero-order valence-corrected chi connectivity index (χ0v) is 13.9. The summed E-state index contributed by atoms with van der Waals surface area (Å²) in [5, 5.41) is 8.92. The molecule has 0 saturated carbocycles. The second-order valence-corrected chi connectivity index (χ2v) is 5.71. The summed E-state index contributed by atoms with van der Waals surface area (Å²) in [7, 11) is 0. The molecule has 6 heteroatoms. The molecule has 6 nitrogen and oxygen atoms in total. The van der Waals surface area contributed by atoms with Gasteiger partial charge < -0.3 is 21.7 Å². The van der Waals surface area contributed by atoms with E-state index in [1.807, 2.05) is 20.8 Å². The molecule has 0 fully saturated rings. The number of nitrogens with one attached hydrogen (secondary N) is 3. The Morgan fingerprint density at radius 3 is 2.29 bits per heavy atom. The van der Waals surface area contributed by atoms with Crippen molar-refractivity contribution in [1.29, 1.82) is 0 Å². The fourth-order valence-corrected chi connectivity index (χ4v) is 2.34. The van der Waals surface area contributed by atoms with Crippen LogP contribution in [0.25, 0.3) is 0 Å². The van der Waals surface area contributed by atoms with Gasteiger partial charge in [0, 0.05) is 12.6 Å². The second-order valence-electron chi connectivity index (χ2n) is 5.71. The topological polar surface area (TPSA) is 96.2 Å². The third kappa shape index (κ3) is 9.28. The number of rotatable bonds is 11. The standard InChI is InChI=1S/C15H32N4O2/c1-5-8-12(9-7-10-18-15(16)21)19-14(20)13(11(3)4)17-6-2/h11-13,17H,5-10H2,1-4H3,(H,19,20)(H3,16,18,21)/t12-,13+/m0/s1. The second kappa shape index (κ2) is 11.4. The highest BCUT2D eigenvalue weighted by molar-refractivity contribution is 5.82. The molecule has 0 bridgehead atoms. The monoisotopic (exact) mass is 300 g/mol. The molecule has 0 aliphatic carbocycles. The van der Waals surface area contributed by atoms with Crippen LogP contribution in [0.2, 0.25) is 0 Å². The van der Waals surface area contributed by atoms with Crippen molar-refractivity contribution in [2.24, 2.45) is 11.7 Å². The average Bonchev–Trinajstić information content (AvgIpc) is 2.40. The molecular formula is C15H32N4O2. The Hall–Kier alpha value is -1.30. The Morgan fingerprint density at radius 1 is 1.14 bits per heavy atom. The first-order chi connectivity index (χ1) is 9.92. The van der Waals surface area contributed by atoms with Crippen LogP contribution in [0.1, 0.15) is 53.4 Å². The van der Waals surface area contributed by atoms with Crippen LogP contribution in [0, 0.1) is 5.92 Å². The molecule has 0 spiro atoms. The van der Waals surface area contributed by atoms with Gasteiger partial charge in [0.15, 0.2) is 0 Å². The summed E-state index contributed by atoms with van der Waals surface area (Å²) in [6, 6.07) is -0.506. The van der Waals surface area contributed by atoms with Crippen molar-refractivity contribution in [2.45, 2.75) is 65.5 Å². The van der Waals surface area contributed by atoms with E-state index in [-0.39, 0.29) is 23.9 Å². The zero-order chi connectivity index (χ0) is 16.3. The Morgan fingerprint density at radius 2 is 1.81 bits per heavy atom. The maximum Gasteiger partial charge on any atom is 0.312 e. The SMILES string of the molecule is CCC[C@@H](CCCNC(N)=O)NC(=O)[C@H](NCC)C(C)C. The Labute approximate surface area is 128 Å². The molecule has 0 aliphatic rings. The van der Waals surface area contributed by atoms with Crippen molar-refractivity contribution in [3.8, 4) is 0 Å². The molecule has 21 heavy (non-hydrogen) atoms. The van der Waals surface area contributed by atoms with Crippen LogP contribution in [0.15, 0.2) is 0 Å². The van der Waals surface area contributed by atoms with Gasteiger partial charge in [-0.05, 0) is 31.7 Å². The molecule has 0 aliphatic heterocycles. The minimum absolute atomic E-state index is 0.0631. The maximum atomic E-state index is 12.3. The molecule has 0 saturated heterocycles. The van der Waals surface area contributed by atoms with E-state index in [4.69, 9.17) is 5.73 Å². The molecule has 0 radical (unpaired) electrons. The van der Waals surface area contributed by atoms with E-state index in [9.17, 15) is 9.59 Å². The lowest BCUT2D eigenvalue weighted by atomic mass is 10.0. The molecule has 0 aromatic carbocycles. The van der Waals surface area contributed by atoms with Gasteiger partial charge in [-0.1, -0.05) is 34.1 Å². The fraction of sp³-hybridized carbons (Fsp3) is 0.867. The normalized spacial score (nSPS) is 13.8. The minimum Gasteiger partial charge on any atom is -0.352 e. The predicted octanol–water partition coefficient (Wildman–Crippen LogP) is 1.35. The van der Waals surface area contributed by atoms with Gasteiger partial charge in [-0.2, -0.15) is 0 Å². The largest absolute Gasteiger partial charge is 0.352 e. The highest BCUT2D eigenvalue weighted by Crippen LogP contribution is 2.07. The first-order valence-corrected chi connectivity index (χ1v) is 7.99. The summed E-state index contributed by atoms with van der Waals surface area (Å²) in [5.74, 6) is 0.317. The number of amides is 3. The van der Waals surface area contributed by atoms with E-state index in [1.165, 1.54) is 0 Å². The summed E-state index contributed by atoms with van der Waals surface area (Å²) >= 11 is 0. The molecule has 0 aromatic heterocycles. The summed E-state index contributed by atoms with van der Waals surface area (Å²) < 4.78 is 0. The van der Waals surface area contributed by atoms with Gasteiger partial charge in [0.2, 0.25) is 5.91 Å². The summed E-state index contributed by atoms with van der Waals surface area (Å²) in [6.07, 6.45) is 3.61. The van der Waals surface area contributed by atoms with Crippen LogP contribution in [0.3, 0.4) is 0 Å². The number of likely N-dealkylation sites (N-methyl/N-ethyl adjacent to an activating group) is 1. The van der Waals surface area contributed by atoms with E-state index in [2.05, 4.69) is 22.9 Å². The zero-order valence-electron chi connectivity index (χ0n) is 13.9. The van der Waals surface area contributed by atoms with Crippen molar-refractivity contribution in [2.75, 3.05) is 13.1 Å². The number of carbonyl (C=O) groups is 2. The Kier molecular flexibility index (Phi) is 10.7. The van der Waals surface area contributed by atoms with Gasteiger partial charge in [-0.25, -0.2) is 4.79 Å². The molecule has 2 atom stereocenters. The third-order valence-electron chi connectivity index (χ3n) is 3.39. The number of urea groups is 1. The molecule has 0 rings (SSSR count). The third-order valence-corrected chi connectivity index (χ3v) is 3.39. The summed E-state index contributed by atoms with van der Waals surface area (Å²) in [5.41, 5.74) is 5.03. The lowest BCUT2D eigenvalue weighted by Crippen LogP contribution is -2.50. The summed E-state index contributed by atoms with van der Waals surface area (Å²) in [4.78, 5) is 23.0. The molecule has 3 amide bonds.